The van der Waals surface area contributed by atoms with Gasteiger partial charge in [0.2, 0.25) is 5.82 Å². The molecule has 0 aromatic carbocycles. The predicted octanol–water partition coefficient (Wildman–Crippen LogP) is 1.52. The van der Waals surface area contributed by atoms with Crippen LogP contribution in [-0.2, 0) is 0 Å². The number of anilines is 1. The van der Waals surface area contributed by atoms with E-state index in [9.17, 15) is 10.1 Å². The molecule has 0 spiro atoms. The normalized spacial score (nSPS) is 19.5. The summed E-state index contributed by atoms with van der Waals surface area (Å²) in [4.78, 5) is 19.1. The number of aromatic nitrogens is 1. The second-order valence-corrected chi connectivity index (χ2v) is 4.56. The molecule has 0 radical (unpaired) electrons. The standard InChI is InChI=1S/C12H18N4O2/c1-3-14(2)10-6-8-15(9-10)12-11(16(17)18)5-4-7-13-12/h4-5,7,10H,3,6,8-9H2,1-2H3. The van der Waals surface area contributed by atoms with Crippen LogP contribution in [0.25, 0.3) is 0 Å². The molecule has 0 bridgehead atoms. The Balaban J connectivity index is 2.17. The number of nitrogens with zero attached hydrogens (tertiary/aromatic N) is 4. The second kappa shape index (κ2) is 5.30. The van der Waals surface area contributed by atoms with Gasteiger partial charge in [-0.2, -0.15) is 0 Å². The van der Waals surface area contributed by atoms with Crippen LogP contribution in [0.5, 0.6) is 0 Å². The van der Waals surface area contributed by atoms with E-state index in [2.05, 4.69) is 23.9 Å². The number of rotatable bonds is 4. The van der Waals surface area contributed by atoms with E-state index in [-0.39, 0.29) is 10.6 Å². The summed E-state index contributed by atoms with van der Waals surface area (Å²) in [6, 6.07) is 3.57. The van der Waals surface area contributed by atoms with E-state index in [1.807, 2.05) is 4.90 Å². The Kier molecular flexibility index (Phi) is 3.76. The highest BCUT2D eigenvalue weighted by Crippen LogP contribution is 2.28. The molecule has 1 aromatic rings. The summed E-state index contributed by atoms with van der Waals surface area (Å²) < 4.78 is 0. The first-order valence-electron chi connectivity index (χ1n) is 6.18. The van der Waals surface area contributed by atoms with E-state index in [0.717, 1.165) is 26.1 Å². The summed E-state index contributed by atoms with van der Waals surface area (Å²) in [7, 11) is 2.08. The molecule has 0 N–H and O–H groups in total. The monoisotopic (exact) mass is 250 g/mol. The number of nitro groups is 1. The smallest absolute Gasteiger partial charge is 0.311 e. The van der Waals surface area contributed by atoms with Crippen molar-refractivity contribution in [2.45, 2.75) is 19.4 Å². The molecule has 1 aliphatic rings. The van der Waals surface area contributed by atoms with E-state index in [4.69, 9.17) is 0 Å². The van der Waals surface area contributed by atoms with E-state index >= 15 is 0 Å². The third-order valence-electron chi connectivity index (χ3n) is 3.55. The van der Waals surface area contributed by atoms with Crippen LogP contribution in [0.1, 0.15) is 13.3 Å². The number of pyridine rings is 1. The summed E-state index contributed by atoms with van der Waals surface area (Å²) in [5.74, 6) is 0.495. The highest BCUT2D eigenvalue weighted by molar-refractivity contribution is 5.58. The number of hydrogen-bond donors (Lipinski definition) is 0. The van der Waals surface area contributed by atoms with E-state index < -0.39 is 0 Å². The zero-order valence-electron chi connectivity index (χ0n) is 10.7. The summed E-state index contributed by atoms with van der Waals surface area (Å²) in [5.41, 5.74) is 0.0947. The molecule has 6 heteroatoms. The zero-order chi connectivity index (χ0) is 13.1. The fourth-order valence-corrected chi connectivity index (χ4v) is 2.33. The van der Waals surface area contributed by atoms with Gasteiger partial charge in [-0.15, -0.1) is 0 Å². The minimum absolute atomic E-state index is 0.0947. The molecule has 1 aromatic heterocycles. The Morgan fingerprint density at radius 3 is 3.11 bits per heavy atom. The lowest BCUT2D eigenvalue weighted by atomic mass is 10.2. The lowest BCUT2D eigenvalue weighted by molar-refractivity contribution is -0.384. The van der Waals surface area contributed by atoms with Crippen molar-refractivity contribution >= 4 is 11.5 Å². The third-order valence-corrected chi connectivity index (χ3v) is 3.55. The van der Waals surface area contributed by atoms with Crippen molar-refractivity contribution in [1.29, 1.82) is 0 Å². The fraction of sp³-hybridized carbons (Fsp3) is 0.583. The van der Waals surface area contributed by atoms with E-state index in [1.165, 1.54) is 6.07 Å². The maximum absolute atomic E-state index is 11.0. The van der Waals surface area contributed by atoms with Gasteiger partial charge >= 0.3 is 5.69 Å². The summed E-state index contributed by atoms with van der Waals surface area (Å²) in [5, 5.41) is 11.0. The Morgan fingerprint density at radius 1 is 1.67 bits per heavy atom. The molecule has 2 heterocycles. The Labute approximate surface area is 106 Å². The Hall–Kier alpha value is -1.69. The molecule has 1 aliphatic heterocycles. The first kappa shape index (κ1) is 12.8. The molecule has 1 atom stereocenters. The van der Waals surface area contributed by atoms with E-state index in [0.29, 0.717) is 11.9 Å². The molecule has 0 amide bonds. The topological polar surface area (TPSA) is 62.5 Å². The maximum atomic E-state index is 11.0. The van der Waals surface area contributed by atoms with Gasteiger partial charge in [-0.05, 0) is 26.1 Å². The lowest BCUT2D eigenvalue weighted by Gasteiger charge is -2.23. The molecule has 1 unspecified atom stereocenters. The molecule has 1 fully saturated rings. The minimum Gasteiger partial charge on any atom is -0.349 e. The summed E-state index contributed by atoms with van der Waals surface area (Å²) >= 11 is 0. The molecule has 0 saturated carbocycles. The van der Waals surface area contributed by atoms with Crippen LogP contribution in [0.2, 0.25) is 0 Å². The van der Waals surface area contributed by atoms with Crippen LogP contribution in [0, 0.1) is 10.1 Å². The Bertz CT molecular complexity index is 438. The second-order valence-electron chi connectivity index (χ2n) is 4.56. The lowest BCUT2D eigenvalue weighted by Crippen LogP contribution is -2.34. The summed E-state index contributed by atoms with van der Waals surface area (Å²) in [6.07, 6.45) is 2.64. The SMILES string of the molecule is CCN(C)C1CCN(c2ncccc2[N+](=O)[O-])C1. The van der Waals surface area contributed by atoms with Crippen molar-refractivity contribution in [3.05, 3.63) is 28.4 Å². The van der Waals surface area contributed by atoms with Crippen LogP contribution in [0.4, 0.5) is 11.5 Å². The molecule has 98 valence electrons. The van der Waals surface area contributed by atoms with Gasteiger partial charge in [-0.25, -0.2) is 4.98 Å². The fourth-order valence-electron chi connectivity index (χ4n) is 2.33. The van der Waals surface area contributed by atoms with Crippen molar-refractivity contribution in [3.63, 3.8) is 0 Å². The first-order valence-corrected chi connectivity index (χ1v) is 6.18. The Morgan fingerprint density at radius 2 is 2.44 bits per heavy atom. The van der Waals surface area contributed by atoms with Crippen LogP contribution in [-0.4, -0.2) is 47.5 Å². The van der Waals surface area contributed by atoms with Crippen LogP contribution in [0.15, 0.2) is 18.3 Å². The van der Waals surface area contributed by atoms with Crippen molar-refractivity contribution in [2.75, 3.05) is 31.6 Å². The van der Waals surface area contributed by atoms with E-state index in [1.54, 1.807) is 12.3 Å². The average Bonchev–Trinajstić information content (AvgIpc) is 2.87. The van der Waals surface area contributed by atoms with Gasteiger partial charge in [0.05, 0.1) is 4.92 Å². The molecule has 1 saturated heterocycles. The van der Waals surface area contributed by atoms with Crippen molar-refractivity contribution < 1.29 is 4.92 Å². The molecule has 18 heavy (non-hydrogen) atoms. The largest absolute Gasteiger partial charge is 0.349 e. The van der Waals surface area contributed by atoms with Crippen LogP contribution < -0.4 is 4.90 Å². The highest BCUT2D eigenvalue weighted by Gasteiger charge is 2.29. The van der Waals surface area contributed by atoms with Gasteiger partial charge < -0.3 is 9.80 Å². The van der Waals surface area contributed by atoms with Crippen LogP contribution >= 0.6 is 0 Å². The third kappa shape index (κ3) is 2.43. The van der Waals surface area contributed by atoms with Gasteiger partial charge in [0.1, 0.15) is 0 Å². The van der Waals surface area contributed by atoms with Crippen molar-refractivity contribution in [1.82, 2.24) is 9.88 Å². The molecule has 0 aliphatic carbocycles. The van der Waals surface area contributed by atoms with Gasteiger partial charge in [0.15, 0.2) is 0 Å². The number of likely N-dealkylation sites (N-methyl/N-ethyl adjacent to an activating group) is 1. The van der Waals surface area contributed by atoms with Crippen molar-refractivity contribution in [3.8, 4) is 0 Å². The van der Waals surface area contributed by atoms with Crippen molar-refractivity contribution in [2.24, 2.45) is 0 Å². The van der Waals surface area contributed by atoms with Gasteiger partial charge in [-0.1, -0.05) is 6.92 Å². The van der Waals surface area contributed by atoms with Gasteiger partial charge in [0.25, 0.3) is 0 Å². The number of hydrogen-bond acceptors (Lipinski definition) is 5. The highest BCUT2D eigenvalue weighted by atomic mass is 16.6. The maximum Gasteiger partial charge on any atom is 0.311 e. The quantitative estimate of drug-likeness (QED) is 0.599. The molecular weight excluding hydrogens is 232 g/mol. The predicted molar refractivity (Wildman–Crippen MR) is 69.8 cm³/mol. The van der Waals surface area contributed by atoms with Gasteiger partial charge in [-0.3, -0.25) is 10.1 Å². The zero-order valence-corrected chi connectivity index (χ0v) is 10.7. The average molecular weight is 250 g/mol. The van der Waals surface area contributed by atoms with Gasteiger partial charge in [0, 0.05) is 31.4 Å². The van der Waals surface area contributed by atoms with Crippen LogP contribution in [0.3, 0.4) is 0 Å². The molecular formula is C12H18N4O2. The molecule has 2 rings (SSSR count). The summed E-state index contributed by atoms with van der Waals surface area (Å²) in [6.45, 7) is 4.74. The minimum atomic E-state index is -0.362. The first-order chi connectivity index (χ1) is 8.63. The molecule has 6 nitrogen and oxygen atoms in total.